The van der Waals surface area contributed by atoms with Gasteiger partial charge >= 0.3 is 0 Å². The first-order valence-corrected chi connectivity index (χ1v) is 9.52. The molecule has 1 fully saturated rings. The molecular weight excluding hydrogens is 354 g/mol. The number of carbonyl (C=O) groups is 1. The second-order valence-corrected chi connectivity index (χ2v) is 7.00. The number of rotatable bonds is 5. The summed E-state index contributed by atoms with van der Waals surface area (Å²) >= 11 is 0. The van der Waals surface area contributed by atoms with Crippen LogP contribution in [-0.2, 0) is 11.2 Å². The maximum absolute atomic E-state index is 12.6. The van der Waals surface area contributed by atoms with Gasteiger partial charge in [-0.3, -0.25) is 4.79 Å². The Kier molecular flexibility index (Phi) is 5.37. The van der Waals surface area contributed by atoms with E-state index in [9.17, 15) is 4.79 Å². The summed E-state index contributed by atoms with van der Waals surface area (Å²) in [5.41, 5.74) is 1.95. The van der Waals surface area contributed by atoms with Crippen molar-refractivity contribution in [2.24, 2.45) is 0 Å². The summed E-state index contributed by atoms with van der Waals surface area (Å²) in [5, 5.41) is 4.11. The van der Waals surface area contributed by atoms with Crippen molar-refractivity contribution in [3.05, 3.63) is 66.1 Å². The minimum absolute atomic E-state index is 0.152. The summed E-state index contributed by atoms with van der Waals surface area (Å²) in [4.78, 5) is 19.1. The van der Waals surface area contributed by atoms with Crippen molar-refractivity contribution in [1.29, 1.82) is 0 Å². The number of hydrogen-bond donors (Lipinski definition) is 0. The summed E-state index contributed by atoms with van der Waals surface area (Å²) in [6.45, 7) is 1.42. The van der Waals surface area contributed by atoms with Gasteiger partial charge in [0.2, 0.25) is 17.6 Å². The van der Waals surface area contributed by atoms with E-state index in [4.69, 9.17) is 9.26 Å². The number of nitrogens with zero attached hydrogens (tertiary/aromatic N) is 3. The minimum atomic E-state index is 0.152. The summed E-state index contributed by atoms with van der Waals surface area (Å²) in [5.74, 6) is 2.44. The van der Waals surface area contributed by atoms with Crippen LogP contribution in [0.3, 0.4) is 0 Å². The van der Waals surface area contributed by atoms with E-state index < -0.39 is 0 Å². The zero-order valence-electron chi connectivity index (χ0n) is 15.9. The van der Waals surface area contributed by atoms with Crippen LogP contribution in [0.2, 0.25) is 0 Å². The number of ether oxygens (including phenoxy) is 1. The quantitative estimate of drug-likeness (QED) is 0.678. The van der Waals surface area contributed by atoms with Gasteiger partial charge in [0, 0.05) is 24.6 Å². The Labute approximate surface area is 164 Å². The van der Waals surface area contributed by atoms with E-state index in [1.54, 1.807) is 7.11 Å². The summed E-state index contributed by atoms with van der Waals surface area (Å²) in [6.07, 6.45) is 2.09. The van der Waals surface area contributed by atoms with Crippen molar-refractivity contribution in [2.45, 2.75) is 25.2 Å². The van der Waals surface area contributed by atoms with Gasteiger partial charge in [-0.2, -0.15) is 4.98 Å². The lowest BCUT2D eigenvalue weighted by Gasteiger charge is -2.30. The molecule has 1 aliphatic heterocycles. The maximum atomic E-state index is 12.6. The average molecular weight is 377 g/mol. The van der Waals surface area contributed by atoms with E-state index >= 15 is 0 Å². The summed E-state index contributed by atoms with van der Waals surface area (Å²) in [7, 11) is 1.64. The first-order valence-electron chi connectivity index (χ1n) is 9.52. The summed E-state index contributed by atoms with van der Waals surface area (Å²) < 4.78 is 10.7. The molecule has 1 amide bonds. The van der Waals surface area contributed by atoms with Gasteiger partial charge in [-0.15, -0.1) is 0 Å². The molecule has 2 heterocycles. The highest BCUT2D eigenvalue weighted by atomic mass is 16.5. The molecule has 0 aliphatic carbocycles. The molecule has 0 atom stereocenters. The van der Waals surface area contributed by atoms with E-state index in [0.29, 0.717) is 31.2 Å². The Morgan fingerprint density at radius 1 is 1.11 bits per heavy atom. The van der Waals surface area contributed by atoms with Crippen molar-refractivity contribution in [3.63, 3.8) is 0 Å². The van der Waals surface area contributed by atoms with Gasteiger partial charge < -0.3 is 14.2 Å². The Morgan fingerprint density at radius 3 is 2.50 bits per heavy atom. The molecule has 4 rings (SSSR count). The Morgan fingerprint density at radius 2 is 1.82 bits per heavy atom. The molecule has 0 spiro atoms. The molecule has 0 saturated carbocycles. The Balaban J connectivity index is 1.33. The highest BCUT2D eigenvalue weighted by Gasteiger charge is 2.27. The molecule has 144 valence electrons. The third-order valence-electron chi connectivity index (χ3n) is 5.19. The number of amides is 1. The monoisotopic (exact) mass is 377 g/mol. The number of carbonyl (C=O) groups excluding carboxylic acids is 1. The molecule has 1 aliphatic rings. The van der Waals surface area contributed by atoms with Crippen LogP contribution in [0.4, 0.5) is 0 Å². The molecule has 0 bridgehead atoms. The normalized spacial score (nSPS) is 14.8. The number of piperidine rings is 1. The van der Waals surface area contributed by atoms with Crippen LogP contribution in [0.25, 0.3) is 11.4 Å². The van der Waals surface area contributed by atoms with E-state index in [1.165, 1.54) is 0 Å². The van der Waals surface area contributed by atoms with Crippen LogP contribution in [0.5, 0.6) is 5.75 Å². The van der Waals surface area contributed by atoms with Crippen LogP contribution in [0.1, 0.15) is 30.2 Å². The third-order valence-corrected chi connectivity index (χ3v) is 5.19. The Bertz CT molecular complexity index is 914. The molecule has 6 heteroatoms. The number of benzene rings is 2. The lowest BCUT2D eigenvalue weighted by Crippen LogP contribution is -2.38. The molecule has 6 nitrogen and oxygen atoms in total. The van der Waals surface area contributed by atoms with Crippen molar-refractivity contribution >= 4 is 5.91 Å². The predicted molar refractivity (Wildman–Crippen MR) is 105 cm³/mol. The largest absolute Gasteiger partial charge is 0.497 e. The van der Waals surface area contributed by atoms with Gasteiger partial charge in [0.1, 0.15) is 5.75 Å². The summed E-state index contributed by atoms with van der Waals surface area (Å²) in [6, 6.07) is 17.5. The molecule has 1 aromatic heterocycles. The molecular formula is C22H23N3O3. The molecule has 0 N–H and O–H groups in total. The fraction of sp³-hybridized carbons (Fsp3) is 0.318. The van der Waals surface area contributed by atoms with Crippen molar-refractivity contribution in [2.75, 3.05) is 20.2 Å². The van der Waals surface area contributed by atoms with E-state index in [2.05, 4.69) is 10.1 Å². The van der Waals surface area contributed by atoms with Crippen LogP contribution in [-0.4, -0.2) is 41.1 Å². The topological polar surface area (TPSA) is 68.5 Å². The molecule has 28 heavy (non-hydrogen) atoms. The number of aromatic nitrogens is 2. The predicted octanol–water partition coefficient (Wildman–Crippen LogP) is 3.69. The van der Waals surface area contributed by atoms with Crippen molar-refractivity contribution in [1.82, 2.24) is 15.0 Å². The van der Waals surface area contributed by atoms with Gasteiger partial charge in [-0.1, -0.05) is 47.6 Å². The van der Waals surface area contributed by atoms with Crippen molar-refractivity contribution in [3.8, 4) is 17.1 Å². The van der Waals surface area contributed by atoms with Gasteiger partial charge in [0.05, 0.1) is 13.5 Å². The molecule has 0 radical (unpaired) electrons. The first-order chi connectivity index (χ1) is 13.7. The number of hydrogen-bond acceptors (Lipinski definition) is 5. The minimum Gasteiger partial charge on any atom is -0.497 e. The zero-order valence-corrected chi connectivity index (χ0v) is 15.9. The van der Waals surface area contributed by atoms with Gasteiger partial charge in [-0.25, -0.2) is 0 Å². The molecule has 3 aromatic rings. The van der Waals surface area contributed by atoms with Crippen LogP contribution >= 0.6 is 0 Å². The molecule has 1 saturated heterocycles. The first kappa shape index (κ1) is 18.2. The fourth-order valence-electron chi connectivity index (χ4n) is 3.51. The number of methoxy groups -OCH3 is 1. The highest BCUT2D eigenvalue weighted by Crippen LogP contribution is 2.28. The van der Waals surface area contributed by atoms with Gasteiger partial charge in [-0.05, 0) is 30.5 Å². The number of likely N-dealkylation sites (tertiary alicyclic amines) is 1. The average Bonchev–Trinajstić information content (AvgIpc) is 3.25. The standard InChI is InChI=1S/C22H23N3O3/c1-27-19-9-7-16(8-10-19)15-20(26)25-13-11-18(12-14-25)22-23-21(24-28-22)17-5-3-2-4-6-17/h2-10,18H,11-15H2,1H3. The van der Waals surface area contributed by atoms with Gasteiger partial charge in [0.25, 0.3) is 0 Å². The lowest BCUT2D eigenvalue weighted by molar-refractivity contribution is -0.131. The molecule has 2 aromatic carbocycles. The Hall–Kier alpha value is -3.15. The van der Waals surface area contributed by atoms with E-state index in [1.807, 2.05) is 59.5 Å². The van der Waals surface area contributed by atoms with E-state index in [-0.39, 0.29) is 11.8 Å². The smallest absolute Gasteiger partial charge is 0.230 e. The molecule has 0 unspecified atom stereocenters. The SMILES string of the molecule is COc1ccc(CC(=O)N2CCC(c3nc(-c4ccccc4)no3)CC2)cc1. The second kappa shape index (κ2) is 8.25. The van der Waals surface area contributed by atoms with Crippen LogP contribution in [0.15, 0.2) is 59.1 Å². The van der Waals surface area contributed by atoms with Crippen LogP contribution in [0, 0.1) is 0 Å². The fourth-order valence-corrected chi connectivity index (χ4v) is 3.51. The van der Waals surface area contributed by atoms with Gasteiger partial charge in [0.15, 0.2) is 0 Å². The van der Waals surface area contributed by atoms with E-state index in [0.717, 1.165) is 29.7 Å². The third kappa shape index (κ3) is 4.06. The zero-order chi connectivity index (χ0) is 19.3. The second-order valence-electron chi connectivity index (χ2n) is 7.00. The van der Waals surface area contributed by atoms with Crippen LogP contribution < -0.4 is 4.74 Å². The van der Waals surface area contributed by atoms with Crippen molar-refractivity contribution < 1.29 is 14.1 Å². The highest BCUT2D eigenvalue weighted by molar-refractivity contribution is 5.79. The maximum Gasteiger partial charge on any atom is 0.230 e. The lowest BCUT2D eigenvalue weighted by atomic mass is 9.96.